The highest BCUT2D eigenvalue weighted by atomic mass is 79.9. The third-order valence-corrected chi connectivity index (χ3v) is 9.91. The molecule has 42 heavy (non-hydrogen) atoms. The molecule has 6 nitrogen and oxygen atoms in total. The van der Waals surface area contributed by atoms with Crippen LogP contribution in [0.1, 0.15) is 82.3 Å². The molecule has 1 heterocycles. The summed E-state index contributed by atoms with van der Waals surface area (Å²) in [7, 11) is 0. The fourth-order valence-electron chi connectivity index (χ4n) is 7.45. The fourth-order valence-corrected chi connectivity index (χ4v) is 7.83. The summed E-state index contributed by atoms with van der Waals surface area (Å²) in [5, 5.41) is 32.9. The third-order valence-electron chi connectivity index (χ3n) is 9.42. The molecule has 3 aliphatic rings. The van der Waals surface area contributed by atoms with Crippen LogP contribution in [0.4, 0.5) is 0 Å². The topological polar surface area (TPSA) is 98.1 Å². The van der Waals surface area contributed by atoms with Crippen molar-refractivity contribution < 1.29 is 24.9 Å². The normalized spacial score (nSPS) is 24.3. The van der Waals surface area contributed by atoms with Crippen LogP contribution in [0.25, 0.3) is 11.6 Å². The number of hydrogen-bond donors (Lipinski definition) is 3. The zero-order valence-corrected chi connectivity index (χ0v) is 25.9. The number of rotatable bonds is 10. The number of benzene rings is 2. The largest absolute Gasteiger partial charge is 0.507 e. The number of carbonyl (C=O) groups is 2. The molecule has 2 aromatic rings. The lowest BCUT2D eigenvalue weighted by molar-refractivity contribution is -0.143. The molecule has 224 valence electrons. The summed E-state index contributed by atoms with van der Waals surface area (Å²) in [5.74, 6) is -1.70. The standard InChI is InChI=1S/C35H42BrNO5/c1-2-9-24-20-28-33(35(42)37(34(28)41)27-12-7-4-8-13-27)29(21-38)32(24)31(40)16-14-23(22-10-5-3-6-11-22)18-25-19-26(36)15-17-30(25)39/h3,5-6,10-11,15,17-19,27-29,31,33,38-40H,2,4,7-9,12-14,16,20-21H2,1H3/b23-18-/t28-,29+,31-,33-/m1/s1. The molecule has 0 spiro atoms. The second-order valence-electron chi connectivity index (χ2n) is 12.1. The van der Waals surface area contributed by atoms with E-state index in [1.165, 1.54) is 4.90 Å². The van der Waals surface area contributed by atoms with Gasteiger partial charge in [-0.25, -0.2) is 0 Å². The molecule has 2 aliphatic carbocycles. The van der Waals surface area contributed by atoms with E-state index >= 15 is 0 Å². The van der Waals surface area contributed by atoms with Gasteiger partial charge in [0.2, 0.25) is 11.8 Å². The number of carbonyl (C=O) groups excluding carboxylic acids is 2. The van der Waals surface area contributed by atoms with Gasteiger partial charge >= 0.3 is 0 Å². The molecule has 1 saturated heterocycles. The molecule has 2 amide bonds. The Labute approximate surface area is 257 Å². The smallest absolute Gasteiger partial charge is 0.234 e. The first-order valence-electron chi connectivity index (χ1n) is 15.5. The highest BCUT2D eigenvalue weighted by molar-refractivity contribution is 9.10. The van der Waals surface area contributed by atoms with Gasteiger partial charge in [0.15, 0.2) is 0 Å². The Kier molecular flexibility index (Phi) is 10.0. The molecule has 0 radical (unpaired) electrons. The number of phenolic OH excluding ortho intramolecular Hbond substituents is 1. The van der Waals surface area contributed by atoms with Crippen LogP contribution in [0, 0.1) is 17.8 Å². The van der Waals surface area contributed by atoms with E-state index in [2.05, 4.69) is 22.9 Å². The van der Waals surface area contributed by atoms with Crippen molar-refractivity contribution in [3.05, 3.63) is 75.3 Å². The number of aromatic hydroxyl groups is 1. The quantitative estimate of drug-likeness (QED) is 0.150. The molecule has 0 aromatic heterocycles. The summed E-state index contributed by atoms with van der Waals surface area (Å²) >= 11 is 3.49. The van der Waals surface area contributed by atoms with Gasteiger partial charge in [0.05, 0.1) is 24.5 Å². The Morgan fingerprint density at radius 2 is 1.81 bits per heavy atom. The number of imide groups is 1. The number of allylic oxidation sites excluding steroid dienone is 2. The minimum Gasteiger partial charge on any atom is -0.507 e. The van der Waals surface area contributed by atoms with Crippen molar-refractivity contribution in [1.82, 2.24) is 4.90 Å². The van der Waals surface area contributed by atoms with Crippen LogP contribution in [-0.4, -0.2) is 50.8 Å². The van der Waals surface area contributed by atoms with Gasteiger partial charge in [-0.15, -0.1) is 0 Å². The molecular weight excluding hydrogens is 594 g/mol. The first kappa shape index (κ1) is 30.7. The maximum atomic E-state index is 13.8. The first-order valence-corrected chi connectivity index (χ1v) is 16.3. The Balaban J connectivity index is 1.43. The number of likely N-dealkylation sites (tertiary alicyclic amines) is 1. The summed E-state index contributed by atoms with van der Waals surface area (Å²) in [6.07, 6.45) is 8.95. The van der Waals surface area contributed by atoms with Crippen molar-refractivity contribution in [2.75, 3.05) is 6.61 Å². The number of fused-ring (bicyclic) bond motifs is 1. The number of aliphatic hydroxyl groups is 2. The van der Waals surface area contributed by atoms with Gasteiger partial charge in [-0.1, -0.05) is 84.4 Å². The highest BCUT2D eigenvalue weighted by Crippen LogP contribution is 2.48. The number of aliphatic hydroxyl groups excluding tert-OH is 2. The van der Waals surface area contributed by atoms with Gasteiger partial charge < -0.3 is 15.3 Å². The van der Waals surface area contributed by atoms with Crippen LogP contribution in [0.5, 0.6) is 5.75 Å². The average molecular weight is 637 g/mol. The molecular formula is C35H42BrNO5. The zero-order valence-electron chi connectivity index (χ0n) is 24.3. The van der Waals surface area contributed by atoms with Crippen molar-refractivity contribution in [2.24, 2.45) is 17.8 Å². The predicted molar refractivity (Wildman–Crippen MR) is 168 cm³/mol. The number of phenols is 1. The second-order valence-corrected chi connectivity index (χ2v) is 13.0. The number of hydrogen-bond acceptors (Lipinski definition) is 5. The minimum absolute atomic E-state index is 0.0419. The SMILES string of the molecule is CCCC1=C([C@H](O)CC/C(=C/c2cc(Br)ccc2O)c2ccccc2)[C@H](CO)[C@@H]2C(=O)N(C3CCCCC3)C(=O)[C@@H]2C1. The maximum absolute atomic E-state index is 13.8. The van der Waals surface area contributed by atoms with Crippen molar-refractivity contribution in [3.63, 3.8) is 0 Å². The Morgan fingerprint density at radius 3 is 2.50 bits per heavy atom. The number of amides is 2. The summed E-state index contributed by atoms with van der Waals surface area (Å²) < 4.78 is 0.856. The van der Waals surface area contributed by atoms with Crippen LogP contribution in [0.3, 0.4) is 0 Å². The molecule has 1 aliphatic heterocycles. The zero-order chi connectivity index (χ0) is 29.8. The lowest BCUT2D eigenvalue weighted by Crippen LogP contribution is -2.42. The molecule has 4 atom stereocenters. The van der Waals surface area contributed by atoms with E-state index in [1.807, 2.05) is 42.5 Å². The van der Waals surface area contributed by atoms with Crippen molar-refractivity contribution in [2.45, 2.75) is 83.3 Å². The van der Waals surface area contributed by atoms with E-state index in [4.69, 9.17) is 0 Å². The van der Waals surface area contributed by atoms with Crippen LogP contribution < -0.4 is 0 Å². The molecule has 0 unspecified atom stereocenters. The fraction of sp³-hybridized carbons (Fsp3) is 0.486. The minimum atomic E-state index is -0.862. The monoisotopic (exact) mass is 635 g/mol. The lowest BCUT2D eigenvalue weighted by atomic mass is 9.67. The van der Waals surface area contributed by atoms with Crippen LogP contribution >= 0.6 is 15.9 Å². The van der Waals surface area contributed by atoms with Crippen molar-refractivity contribution in [1.29, 1.82) is 0 Å². The predicted octanol–water partition coefficient (Wildman–Crippen LogP) is 6.88. The van der Waals surface area contributed by atoms with E-state index in [0.717, 1.165) is 71.7 Å². The second kappa shape index (κ2) is 13.7. The van der Waals surface area contributed by atoms with E-state index in [0.29, 0.717) is 24.8 Å². The Hall–Kier alpha value is -2.74. The average Bonchev–Trinajstić information content (AvgIpc) is 3.25. The van der Waals surface area contributed by atoms with Gasteiger partial charge in [0, 0.05) is 22.0 Å². The van der Waals surface area contributed by atoms with Crippen LogP contribution in [-0.2, 0) is 9.59 Å². The van der Waals surface area contributed by atoms with E-state index in [1.54, 1.807) is 12.1 Å². The molecule has 7 heteroatoms. The van der Waals surface area contributed by atoms with E-state index < -0.39 is 23.9 Å². The first-order chi connectivity index (χ1) is 20.3. The van der Waals surface area contributed by atoms with E-state index in [-0.39, 0.29) is 30.2 Å². The van der Waals surface area contributed by atoms with Gasteiger partial charge in [-0.2, -0.15) is 0 Å². The van der Waals surface area contributed by atoms with Gasteiger partial charge in [-0.3, -0.25) is 14.5 Å². The summed E-state index contributed by atoms with van der Waals surface area (Å²) in [6, 6.07) is 15.2. The molecule has 5 rings (SSSR count). The Bertz CT molecular complexity index is 1350. The summed E-state index contributed by atoms with van der Waals surface area (Å²) in [5.41, 5.74) is 4.41. The van der Waals surface area contributed by atoms with Crippen LogP contribution in [0.2, 0.25) is 0 Å². The summed E-state index contributed by atoms with van der Waals surface area (Å²) in [6.45, 7) is 1.80. The summed E-state index contributed by atoms with van der Waals surface area (Å²) in [4.78, 5) is 29.0. The van der Waals surface area contributed by atoms with Gasteiger partial charge in [0.1, 0.15) is 5.75 Å². The highest BCUT2D eigenvalue weighted by Gasteiger charge is 2.56. The van der Waals surface area contributed by atoms with Crippen LogP contribution in [0.15, 0.2) is 64.1 Å². The maximum Gasteiger partial charge on any atom is 0.234 e. The van der Waals surface area contributed by atoms with Crippen molar-refractivity contribution >= 4 is 39.4 Å². The third kappa shape index (κ3) is 6.29. The lowest BCUT2D eigenvalue weighted by Gasteiger charge is -2.36. The molecule has 3 N–H and O–H groups in total. The molecule has 2 fully saturated rings. The number of nitrogens with zero attached hydrogens (tertiary/aromatic N) is 1. The Morgan fingerprint density at radius 1 is 1.07 bits per heavy atom. The van der Waals surface area contributed by atoms with Gasteiger partial charge in [0.25, 0.3) is 0 Å². The number of halogens is 1. The molecule has 2 aromatic carbocycles. The molecule has 1 saturated carbocycles. The molecule has 0 bridgehead atoms. The van der Waals surface area contributed by atoms with Gasteiger partial charge in [-0.05, 0) is 79.5 Å². The van der Waals surface area contributed by atoms with E-state index in [9.17, 15) is 24.9 Å². The van der Waals surface area contributed by atoms with Crippen molar-refractivity contribution in [3.8, 4) is 5.75 Å².